The lowest BCUT2D eigenvalue weighted by molar-refractivity contribution is 0.324. The number of aryl methyl sites for hydroxylation is 1. The number of sulfonamides is 1. The molecule has 1 aliphatic carbocycles. The molecular weight excluding hydrogens is 486 g/mol. The van der Waals surface area contributed by atoms with Crippen molar-refractivity contribution >= 4 is 32.3 Å². The van der Waals surface area contributed by atoms with E-state index in [-0.39, 0.29) is 11.8 Å². The van der Waals surface area contributed by atoms with Gasteiger partial charge in [0.1, 0.15) is 11.8 Å². The number of ether oxygens (including phenoxy) is 1. The third-order valence-corrected chi connectivity index (χ3v) is 8.17. The number of aromatic nitrogens is 2. The quantitative estimate of drug-likeness (QED) is 0.291. The predicted molar refractivity (Wildman–Crippen MR) is 146 cm³/mol. The van der Waals surface area contributed by atoms with Crippen molar-refractivity contribution in [2.24, 2.45) is 0 Å². The van der Waals surface area contributed by atoms with Crippen LogP contribution in [0.3, 0.4) is 0 Å². The summed E-state index contributed by atoms with van der Waals surface area (Å²) in [4.78, 5) is 4.41. The van der Waals surface area contributed by atoms with Gasteiger partial charge in [0.25, 0.3) is 0 Å². The van der Waals surface area contributed by atoms with Crippen LogP contribution in [-0.2, 0) is 10.0 Å². The van der Waals surface area contributed by atoms with Crippen LogP contribution in [0.25, 0.3) is 22.2 Å². The summed E-state index contributed by atoms with van der Waals surface area (Å²) in [7, 11) is -3.38. The Labute approximate surface area is 216 Å². The van der Waals surface area contributed by atoms with Gasteiger partial charge < -0.3 is 15.0 Å². The van der Waals surface area contributed by atoms with E-state index < -0.39 is 10.0 Å². The number of nitrogens with zero attached hydrogens (tertiary/aromatic N) is 3. The molecule has 0 aliphatic heterocycles. The molecule has 0 spiro atoms. The zero-order valence-electron chi connectivity index (χ0n) is 20.9. The molecule has 4 aromatic rings. The fourth-order valence-corrected chi connectivity index (χ4v) is 5.84. The van der Waals surface area contributed by atoms with Crippen LogP contribution in [0.5, 0.6) is 11.6 Å². The molecule has 0 atom stereocenters. The molecule has 3 N–H and O–H groups in total. The van der Waals surface area contributed by atoms with E-state index >= 15 is 0 Å². The van der Waals surface area contributed by atoms with Gasteiger partial charge in [-0.1, -0.05) is 19.1 Å². The molecule has 190 valence electrons. The number of nitriles is 1. The number of fused-ring (bicyclic) bond motifs is 1. The molecule has 8 nitrogen and oxygen atoms in total. The van der Waals surface area contributed by atoms with Crippen molar-refractivity contribution in [3.63, 3.8) is 0 Å². The number of anilines is 2. The molecular formula is C28H29N5O3S. The van der Waals surface area contributed by atoms with E-state index in [1.807, 2.05) is 50.2 Å². The first-order valence-corrected chi connectivity index (χ1v) is 14.0. The Morgan fingerprint density at radius 1 is 1.16 bits per heavy atom. The van der Waals surface area contributed by atoms with Gasteiger partial charge >= 0.3 is 0 Å². The molecule has 2 aromatic heterocycles. The highest BCUT2D eigenvalue weighted by atomic mass is 32.2. The van der Waals surface area contributed by atoms with Crippen LogP contribution in [0, 0.1) is 18.3 Å². The minimum atomic E-state index is -3.38. The monoisotopic (exact) mass is 515 g/mol. The maximum Gasteiger partial charge on any atom is 0.242 e. The van der Waals surface area contributed by atoms with E-state index in [0.717, 1.165) is 47.1 Å². The maximum atomic E-state index is 12.2. The van der Waals surface area contributed by atoms with Crippen molar-refractivity contribution in [1.29, 1.82) is 5.26 Å². The van der Waals surface area contributed by atoms with Crippen molar-refractivity contribution in [2.75, 3.05) is 16.2 Å². The Kier molecular flexibility index (Phi) is 6.52. The van der Waals surface area contributed by atoms with Gasteiger partial charge in [0.05, 0.1) is 28.2 Å². The Morgan fingerprint density at radius 2 is 1.92 bits per heavy atom. The highest BCUT2D eigenvalue weighted by molar-refractivity contribution is 7.92. The standard InChI is InChI=1S/C28H29N5O3S/c1-3-15-37(34,35)32-20-10-8-19(9-11-20)27-24(17-29)23-13-12-22(16-26(23)33(27)21-5-4-6-21)36-28-25(30)14-7-18(2)31-28/h7-14,16,21,32H,3-6,15,30H2,1-2H3. The first kappa shape index (κ1) is 24.7. The number of hydrogen-bond acceptors (Lipinski definition) is 6. The van der Waals surface area contributed by atoms with E-state index in [9.17, 15) is 13.7 Å². The first-order valence-electron chi connectivity index (χ1n) is 12.4. The maximum absolute atomic E-state index is 12.2. The van der Waals surface area contributed by atoms with Crippen molar-refractivity contribution < 1.29 is 13.2 Å². The van der Waals surface area contributed by atoms with E-state index in [0.29, 0.717) is 35.0 Å². The van der Waals surface area contributed by atoms with Crippen LogP contribution in [0.2, 0.25) is 0 Å². The lowest BCUT2D eigenvalue weighted by atomic mass is 9.92. The van der Waals surface area contributed by atoms with Gasteiger partial charge in [-0.3, -0.25) is 4.72 Å². The summed E-state index contributed by atoms with van der Waals surface area (Å²) in [6, 6.07) is 19.2. The van der Waals surface area contributed by atoms with Gasteiger partial charge in [-0.15, -0.1) is 0 Å². The number of nitrogens with one attached hydrogen (secondary N) is 1. The molecule has 0 unspecified atom stereocenters. The number of rotatable bonds is 8. The molecule has 9 heteroatoms. The molecule has 1 aliphatic rings. The molecule has 0 bridgehead atoms. The predicted octanol–water partition coefficient (Wildman–Crippen LogP) is 6.13. The van der Waals surface area contributed by atoms with E-state index in [1.54, 1.807) is 18.2 Å². The summed E-state index contributed by atoms with van der Waals surface area (Å²) < 4.78 is 35.3. The number of pyridine rings is 1. The van der Waals surface area contributed by atoms with E-state index in [2.05, 4.69) is 20.3 Å². The van der Waals surface area contributed by atoms with Crippen molar-refractivity contribution in [1.82, 2.24) is 9.55 Å². The second-order valence-electron chi connectivity index (χ2n) is 9.42. The molecule has 0 amide bonds. The lowest BCUT2D eigenvalue weighted by Gasteiger charge is -2.30. The fraction of sp³-hybridized carbons (Fsp3) is 0.286. The molecule has 2 aromatic carbocycles. The highest BCUT2D eigenvalue weighted by Gasteiger charge is 2.28. The van der Waals surface area contributed by atoms with Crippen LogP contribution >= 0.6 is 0 Å². The third-order valence-electron chi connectivity index (χ3n) is 6.68. The first-order chi connectivity index (χ1) is 17.8. The van der Waals surface area contributed by atoms with Gasteiger partial charge in [0.15, 0.2) is 0 Å². The van der Waals surface area contributed by atoms with Crippen molar-refractivity contribution in [3.8, 4) is 29.0 Å². The topological polar surface area (TPSA) is 123 Å². The molecule has 2 heterocycles. The Bertz CT molecular complexity index is 1610. The van der Waals surface area contributed by atoms with E-state index in [1.165, 1.54) is 0 Å². The normalized spacial score (nSPS) is 13.8. The number of nitrogen functional groups attached to an aromatic ring is 1. The smallest absolute Gasteiger partial charge is 0.242 e. The molecule has 1 saturated carbocycles. The van der Waals surface area contributed by atoms with Crippen molar-refractivity contribution in [2.45, 2.75) is 45.6 Å². The minimum absolute atomic E-state index is 0.0668. The molecule has 0 radical (unpaired) electrons. The number of nitrogens with two attached hydrogens (primary N) is 1. The van der Waals surface area contributed by atoms with Gasteiger partial charge in [-0.2, -0.15) is 5.26 Å². The Hall–Kier alpha value is -4.03. The summed E-state index contributed by atoms with van der Waals surface area (Å²) >= 11 is 0. The van der Waals surface area contributed by atoms with Crippen LogP contribution in [0.4, 0.5) is 11.4 Å². The Balaban J connectivity index is 1.59. The number of benzene rings is 2. The average Bonchev–Trinajstić information content (AvgIpc) is 3.14. The molecule has 5 rings (SSSR count). The fourth-order valence-electron chi connectivity index (χ4n) is 4.71. The summed E-state index contributed by atoms with van der Waals surface area (Å²) in [6.45, 7) is 3.70. The van der Waals surface area contributed by atoms with Gasteiger partial charge in [-0.25, -0.2) is 13.4 Å². The average molecular weight is 516 g/mol. The highest BCUT2D eigenvalue weighted by Crippen LogP contribution is 2.44. The van der Waals surface area contributed by atoms with Crippen LogP contribution in [0.15, 0.2) is 54.6 Å². The molecule has 1 fully saturated rings. The van der Waals surface area contributed by atoms with Gasteiger partial charge in [0.2, 0.25) is 15.9 Å². The van der Waals surface area contributed by atoms with Crippen LogP contribution in [0.1, 0.15) is 49.9 Å². The second-order valence-corrected chi connectivity index (χ2v) is 11.3. The zero-order valence-corrected chi connectivity index (χ0v) is 21.7. The van der Waals surface area contributed by atoms with Crippen LogP contribution in [-0.4, -0.2) is 23.7 Å². The van der Waals surface area contributed by atoms with Gasteiger partial charge in [-0.05, 0) is 74.6 Å². The second kappa shape index (κ2) is 9.79. The lowest BCUT2D eigenvalue weighted by Crippen LogP contribution is -2.18. The largest absolute Gasteiger partial charge is 0.437 e. The summed E-state index contributed by atoms with van der Waals surface area (Å²) in [5.41, 5.74) is 11.0. The van der Waals surface area contributed by atoms with Crippen molar-refractivity contribution in [3.05, 3.63) is 65.9 Å². The zero-order chi connectivity index (χ0) is 26.2. The summed E-state index contributed by atoms with van der Waals surface area (Å²) in [5, 5.41) is 11.0. The van der Waals surface area contributed by atoms with Gasteiger partial charge in [0, 0.05) is 28.9 Å². The summed E-state index contributed by atoms with van der Waals surface area (Å²) in [6.07, 6.45) is 3.71. The SMILES string of the molecule is CCCS(=O)(=O)Nc1ccc(-c2c(C#N)c3ccc(Oc4nc(C)ccc4N)cc3n2C2CCC2)cc1. The van der Waals surface area contributed by atoms with E-state index in [4.69, 9.17) is 10.5 Å². The summed E-state index contributed by atoms with van der Waals surface area (Å²) in [5.74, 6) is 1.01. The van der Waals surface area contributed by atoms with Crippen LogP contribution < -0.4 is 15.2 Å². The molecule has 37 heavy (non-hydrogen) atoms. The third kappa shape index (κ3) is 4.85. The Morgan fingerprint density at radius 3 is 2.57 bits per heavy atom. The number of hydrogen-bond donors (Lipinski definition) is 2. The molecule has 0 saturated heterocycles. The minimum Gasteiger partial charge on any atom is -0.437 e.